The highest BCUT2D eigenvalue weighted by Gasteiger charge is 2.35. The molecule has 0 atom stereocenters. The monoisotopic (exact) mass is 456 g/mol. The maximum absolute atomic E-state index is 12.6. The number of benzene rings is 1. The van der Waals surface area contributed by atoms with Crippen molar-refractivity contribution in [3.63, 3.8) is 0 Å². The zero-order chi connectivity index (χ0) is 23.6. The Bertz CT molecular complexity index is 845. The Morgan fingerprint density at radius 3 is 1.87 bits per heavy atom. The van der Waals surface area contributed by atoms with Crippen molar-refractivity contribution in [2.45, 2.75) is 73.5 Å². The average Bonchev–Trinajstić information content (AvgIpc) is 2.63. The second kappa shape index (κ2) is 9.31. The molecular weight excluding hydrogens is 423 g/mol. The summed E-state index contributed by atoms with van der Waals surface area (Å²) < 4.78 is 27.9. The second-order valence-electron chi connectivity index (χ2n) is 9.90. The summed E-state index contributed by atoms with van der Waals surface area (Å²) in [5.41, 5.74) is 0.579. The minimum Gasteiger partial charge on any atom is -0.481 e. The van der Waals surface area contributed by atoms with Gasteiger partial charge in [0.25, 0.3) is 6.29 Å². The van der Waals surface area contributed by atoms with Gasteiger partial charge in [-0.15, -0.1) is 0 Å². The van der Waals surface area contributed by atoms with Gasteiger partial charge in [-0.3, -0.25) is 14.2 Å². The summed E-state index contributed by atoms with van der Waals surface area (Å²) in [6.07, 6.45) is 1.12. The van der Waals surface area contributed by atoms with Crippen molar-refractivity contribution in [2.24, 2.45) is 10.8 Å². The summed E-state index contributed by atoms with van der Waals surface area (Å²) in [7, 11) is -4.33. The van der Waals surface area contributed by atoms with Crippen LogP contribution in [0.3, 0.4) is 0 Å². The number of carbonyl (C=O) groups excluding carboxylic acids is 2. The molecule has 0 saturated heterocycles. The van der Waals surface area contributed by atoms with Gasteiger partial charge in [-0.2, -0.15) is 0 Å². The number of fused-ring (bicyclic) bond motifs is 1. The van der Waals surface area contributed by atoms with Gasteiger partial charge in [0.1, 0.15) is 5.75 Å². The van der Waals surface area contributed by atoms with Gasteiger partial charge in [0.15, 0.2) is 6.35 Å². The van der Waals surface area contributed by atoms with Crippen molar-refractivity contribution >= 4 is 19.5 Å². The Labute approximate surface area is 183 Å². The van der Waals surface area contributed by atoms with Crippen molar-refractivity contribution in [3.05, 3.63) is 28.8 Å². The lowest BCUT2D eigenvalue weighted by atomic mass is 9.87. The molecule has 1 aromatic carbocycles. The molecule has 2 rings (SSSR count). The summed E-state index contributed by atoms with van der Waals surface area (Å²) in [5, 5.41) is 0. The van der Waals surface area contributed by atoms with Crippen LogP contribution in [0.15, 0.2) is 12.1 Å². The third kappa shape index (κ3) is 7.06. The van der Waals surface area contributed by atoms with Crippen molar-refractivity contribution < 1.29 is 38.2 Å². The lowest BCUT2D eigenvalue weighted by molar-refractivity contribution is -0.201. The Hall–Kier alpha value is -1.89. The molecule has 0 heterocycles. The largest absolute Gasteiger partial charge is 0.481 e. The van der Waals surface area contributed by atoms with Crippen molar-refractivity contribution in [1.29, 1.82) is 0 Å². The number of hydrogen-bond acceptors (Lipinski definition) is 6. The highest BCUT2D eigenvalue weighted by atomic mass is 31.2. The molecule has 0 bridgehead atoms. The SMILES string of the molecule is CC(C)(C)C(=O)OC(OC(=O)C(C)(C)C)c1ccc(OCP(=O)(O)O)c2c1CCCC2. The fourth-order valence-electron chi connectivity index (χ4n) is 3.07. The molecule has 8 nitrogen and oxygen atoms in total. The Morgan fingerprint density at radius 1 is 0.935 bits per heavy atom. The van der Waals surface area contributed by atoms with E-state index in [1.165, 1.54) is 0 Å². The first kappa shape index (κ1) is 25.4. The molecule has 174 valence electrons. The molecule has 9 heteroatoms. The Kier molecular flexibility index (Phi) is 7.62. The summed E-state index contributed by atoms with van der Waals surface area (Å²) in [4.78, 5) is 43.5. The molecule has 0 fully saturated rings. The standard InChI is InChI=1S/C22H33O8P/c1-21(2,3)19(23)29-18(30-20(24)22(4,5)6)16-11-12-17(28-13-31(25,26)27)15-10-8-7-9-14(15)16/h11-12,18H,7-10,13H2,1-6H3,(H2,25,26,27). The van der Waals surface area contributed by atoms with Gasteiger partial charge in [-0.05, 0) is 90.5 Å². The van der Waals surface area contributed by atoms with E-state index in [0.717, 1.165) is 24.0 Å². The summed E-state index contributed by atoms with van der Waals surface area (Å²) >= 11 is 0. The van der Waals surface area contributed by atoms with E-state index in [2.05, 4.69) is 0 Å². The maximum atomic E-state index is 12.6. The van der Waals surface area contributed by atoms with Gasteiger partial charge >= 0.3 is 19.5 Å². The number of hydrogen-bond donors (Lipinski definition) is 2. The Balaban J connectivity index is 2.47. The van der Waals surface area contributed by atoms with E-state index < -0.39 is 43.0 Å². The number of ether oxygens (including phenoxy) is 3. The molecule has 0 radical (unpaired) electrons. The maximum Gasteiger partial charge on any atom is 0.362 e. The van der Waals surface area contributed by atoms with E-state index in [1.807, 2.05) is 0 Å². The normalized spacial score (nSPS) is 14.7. The predicted molar refractivity (Wildman–Crippen MR) is 114 cm³/mol. The molecule has 1 aliphatic carbocycles. The molecule has 0 saturated carbocycles. The van der Waals surface area contributed by atoms with Crippen molar-refractivity contribution in [1.82, 2.24) is 0 Å². The lowest BCUT2D eigenvalue weighted by Crippen LogP contribution is -2.31. The van der Waals surface area contributed by atoms with E-state index >= 15 is 0 Å². The smallest absolute Gasteiger partial charge is 0.362 e. The van der Waals surface area contributed by atoms with Crippen LogP contribution < -0.4 is 4.74 Å². The van der Waals surface area contributed by atoms with Crippen LogP contribution in [0.5, 0.6) is 5.75 Å². The van der Waals surface area contributed by atoms with Gasteiger partial charge in [0.2, 0.25) is 0 Å². The molecule has 31 heavy (non-hydrogen) atoms. The zero-order valence-corrected chi connectivity index (χ0v) is 20.0. The van der Waals surface area contributed by atoms with Crippen molar-refractivity contribution in [2.75, 3.05) is 6.35 Å². The topological polar surface area (TPSA) is 119 Å². The molecule has 1 aromatic rings. The first-order valence-corrected chi connectivity index (χ1v) is 12.1. The van der Waals surface area contributed by atoms with Gasteiger partial charge in [-0.25, -0.2) is 0 Å². The molecule has 0 spiro atoms. The fraction of sp³-hybridized carbons (Fsp3) is 0.636. The van der Waals surface area contributed by atoms with Gasteiger partial charge in [0.05, 0.1) is 10.8 Å². The summed E-state index contributed by atoms with van der Waals surface area (Å²) in [6, 6.07) is 3.22. The van der Waals surface area contributed by atoms with Crippen LogP contribution in [0.4, 0.5) is 0 Å². The lowest BCUT2D eigenvalue weighted by Gasteiger charge is -2.29. The fourth-order valence-corrected chi connectivity index (χ4v) is 3.38. The molecule has 0 amide bonds. The van der Waals surface area contributed by atoms with E-state index in [1.54, 1.807) is 53.7 Å². The molecule has 0 unspecified atom stereocenters. The first-order valence-electron chi connectivity index (χ1n) is 10.3. The molecule has 0 aliphatic heterocycles. The number of esters is 2. The van der Waals surface area contributed by atoms with E-state index in [9.17, 15) is 14.2 Å². The van der Waals surface area contributed by atoms with Crippen LogP contribution in [-0.4, -0.2) is 28.1 Å². The zero-order valence-electron chi connectivity index (χ0n) is 19.1. The Morgan fingerprint density at radius 2 is 1.42 bits per heavy atom. The molecule has 2 N–H and O–H groups in total. The van der Waals surface area contributed by atoms with Gasteiger partial charge < -0.3 is 24.0 Å². The molecule has 1 aliphatic rings. The summed E-state index contributed by atoms with van der Waals surface area (Å²) in [5.74, 6) is -0.638. The predicted octanol–water partition coefficient (Wildman–Crippen LogP) is 4.26. The second-order valence-corrected chi connectivity index (χ2v) is 11.5. The van der Waals surface area contributed by atoms with Crippen LogP contribution in [-0.2, 0) is 36.5 Å². The van der Waals surface area contributed by atoms with Gasteiger partial charge in [0, 0.05) is 5.56 Å². The third-order valence-electron chi connectivity index (χ3n) is 4.82. The van der Waals surface area contributed by atoms with Crippen LogP contribution >= 0.6 is 7.60 Å². The quantitative estimate of drug-likeness (QED) is 0.370. The number of rotatable bonds is 6. The van der Waals surface area contributed by atoms with Crippen LogP contribution in [0.2, 0.25) is 0 Å². The van der Waals surface area contributed by atoms with Crippen molar-refractivity contribution in [3.8, 4) is 5.75 Å². The minimum atomic E-state index is -4.33. The van der Waals surface area contributed by atoms with Crippen LogP contribution in [0, 0.1) is 10.8 Å². The minimum absolute atomic E-state index is 0.379. The van der Waals surface area contributed by atoms with Crippen LogP contribution in [0.25, 0.3) is 0 Å². The summed E-state index contributed by atoms with van der Waals surface area (Å²) in [6.45, 7) is 10.3. The third-order valence-corrected chi connectivity index (χ3v) is 5.29. The van der Waals surface area contributed by atoms with E-state index in [0.29, 0.717) is 24.2 Å². The van der Waals surface area contributed by atoms with Crippen LogP contribution in [0.1, 0.15) is 77.4 Å². The van der Waals surface area contributed by atoms with E-state index in [-0.39, 0.29) is 0 Å². The van der Waals surface area contributed by atoms with E-state index in [4.69, 9.17) is 24.0 Å². The molecule has 0 aromatic heterocycles. The molecular formula is C22H33O8P. The first-order chi connectivity index (χ1) is 14.1. The van der Waals surface area contributed by atoms with Gasteiger partial charge in [-0.1, -0.05) is 0 Å². The average molecular weight is 456 g/mol. The highest BCUT2D eigenvalue weighted by Crippen LogP contribution is 2.40. The number of carbonyl (C=O) groups is 2. The highest BCUT2D eigenvalue weighted by molar-refractivity contribution is 7.51.